The molecule has 0 fully saturated rings. The van der Waals surface area contributed by atoms with Gasteiger partial charge in [-0.2, -0.15) is 0 Å². The van der Waals surface area contributed by atoms with Crippen molar-refractivity contribution in [3.63, 3.8) is 0 Å². The van der Waals surface area contributed by atoms with Gasteiger partial charge < -0.3 is 4.89 Å². The summed E-state index contributed by atoms with van der Waals surface area (Å²) in [4.78, 5) is 9.72. The molecule has 0 aliphatic rings. The van der Waals surface area contributed by atoms with Gasteiger partial charge in [0.05, 0.1) is 8.15 Å². The number of rotatable bonds is 4. The van der Waals surface area contributed by atoms with Crippen molar-refractivity contribution in [1.82, 2.24) is 0 Å². The second-order valence-corrected chi connectivity index (χ2v) is 4.57. The zero-order valence-corrected chi connectivity index (χ0v) is 8.30. The van der Waals surface area contributed by atoms with Crippen LogP contribution in [0.15, 0.2) is 30.3 Å². The zero-order valence-electron chi connectivity index (χ0n) is 7.40. The molecule has 0 aliphatic heterocycles. The van der Waals surface area contributed by atoms with Crippen LogP contribution in [0.2, 0.25) is 0 Å². The molecule has 1 nitrogen and oxygen atoms in total. The second-order valence-electron chi connectivity index (χ2n) is 2.81. The molecule has 0 bridgehead atoms. The largest absolute Gasteiger partial charge is 0.369 e. The lowest BCUT2D eigenvalue weighted by molar-refractivity contribution is 0.629. The minimum absolute atomic E-state index is 0.882. The van der Waals surface area contributed by atoms with Crippen molar-refractivity contribution < 1.29 is 4.89 Å². The minimum atomic E-state index is -0.882. The number of hydrogen-bond donors (Lipinski definition) is 1. The highest BCUT2D eigenvalue weighted by Crippen LogP contribution is 2.29. The molecule has 0 saturated carbocycles. The molecule has 0 saturated heterocycles. The van der Waals surface area contributed by atoms with E-state index in [9.17, 15) is 4.89 Å². The highest BCUT2D eigenvalue weighted by Gasteiger charge is 2.04. The molecule has 0 amide bonds. The van der Waals surface area contributed by atoms with Gasteiger partial charge in [-0.1, -0.05) is 43.7 Å². The molecule has 0 radical (unpaired) electrons. The summed E-state index contributed by atoms with van der Waals surface area (Å²) in [5.41, 5.74) is 0. The summed E-state index contributed by atoms with van der Waals surface area (Å²) in [5.74, 6) is 0. The van der Waals surface area contributed by atoms with Gasteiger partial charge in [0.25, 0.3) is 0 Å². The zero-order chi connectivity index (χ0) is 8.81. The van der Waals surface area contributed by atoms with Crippen LogP contribution in [0.4, 0.5) is 0 Å². The Morgan fingerprint density at radius 1 is 1.25 bits per heavy atom. The van der Waals surface area contributed by atoms with Crippen molar-refractivity contribution in [3.05, 3.63) is 30.3 Å². The van der Waals surface area contributed by atoms with Gasteiger partial charge >= 0.3 is 0 Å². The topological polar surface area (TPSA) is 20.2 Å². The molecular formula is C10H15OP. The van der Waals surface area contributed by atoms with Gasteiger partial charge in [-0.3, -0.25) is 0 Å². The van der Waals surface area contributed by atoms with Gasteiger partial charge in [0.1, 0.15) is 0 Å². The number of hydrogen-bond acceptors (Lipinski definition) is 1. The first-order chi connectivity index (χ1) is 5.84. The maximum Gasteiger partial charge on any atom is 0.0563 e. The predicted molar refractivity (Wildman–Crippen MR) is 55.0 cm³/mol. The number of benzene rings is 1. The molecular weight excluding hydrogens is 167 g/mol. The van der Waals surface area contributed by atoms with Crippen molar-refractivity contribution in [2.24, 2.45) is 0 Å². The van der Waals surface area contributed by atoms with E-state index in [1.807, 2.05) is 30.3 Å². The molecule has 1 rings (SSSR count). The monoisotopic (exact) mass is 182 g/mol. The third-order valence-corrected chi connectivity index (χ3v) is 3.41. The molecule has 1 N–H and O–H groups in total. The van der Waals surface area contributed by atoms with Crippen LogP contribution < -0.4 is 5.30 Å². The molecule has 0 aliphatic carbocycles. The van der Waals surface area contributed by atoms with E-state index in [4.69, 9.17) is 0 Å². The smallest absolute Gasteiger partial charge is 0.0563 e. The lowest BCUT2D eigenvalue weighted by Crippen LogP contribution is -2.01. The molecule has 0 aromatic heterocycles. The summed E-state index contributed by atoms with van der Waals surface area (Å²) >= 11 is 0. The molecule has 12 heavy (non-hydrogen) atoms. The average Bonchev–Trinajstić information content (AvgIpc) is 2.15. The Morgan fingerprint density at radius 2 is 1.92 bits per heavy atom. The fourth-order valence-corrected chi connectivity index (χ4v) is 2.43. The van der Waals surface area contributed by atoms with Gasteiger partial charge in [-0.05, 0) is 12.6 Å². The molecule has 2 heteroatoms. The maximum absolute atomic E-state index is 9.72. The third kappa shape index (κ3) is 2.92. The van der Waals surface area contributed by atoms with Crippen molar-refractivity contribution in [3.8, 4) is 0 Å². The molecule has 1 atom stereocenters. The van der Waals surface area contributed by atoms with Crippen LogP contribution in [0, 0.1) is 0 Å². The van der Waals surface area contributed by atoms with Gasteiger partial charge in [0, 0.05) is 5.30 Å². The summed E-state index contributed by atoms with van der Waals surface area (Å²) in [5, 5.41) is 1.10. The Morgan fingerprint density at radius 3 is 2.50 bits per heavy atom. The predicted octanol–water partition coefficient (Wildman–Crippen LogP) is 2.50. The van der Waals surface area contributed by atoms with E-state index in [0.717, 1.165) is 24.3 Å². The Balaban J connectivity index is 2.48. The summed E-state index contributed by atoms with van der Waals surface area (Å²) in [7, 11) is -0.882. The van der Waals surface area contributed by atoms with Gasteiger partial charge in [-0.15, -0.1) is 0 Å². The Bertz CT molecular complexity index is 210. The third-order valence-electron chi connectivity index (χ3n) is 1.78. The summed E-state index contributed by atoms with van der Waals surface area (Å²) in [6.07, 6.45) is 3.22. The SMILES string of the molecule is CCCCP(O)c1ccccc1. The summed E-state index contributed by atoms with van der Waals surface area (Å²) < 4.78 is 0. The fourth-order valence-electron chi connectivity index (χ4n) is 1.04. The van der Waals surface area contributed by atoms with E-state index in [2.05, 4.69) is 6.92 Å². The second kappa shape index (κ2) is 5.29. The highest BCUT2D eigenvalue weighted by atomic mass is 31.1. The lowest BCUT2D eigenvalue weighted by atomic mass is 10.4. The van der Waals surface area contributed by atoms with Crippen LogP contribution in [0.5, 0.6) is 0 Å². The Labute approximate surface area is 75.3 Å². The van der Waals surface area contributed by atoms with E-state index in [1.165, 1.54) is 0 Å². The van der Waals surface area contributed by atoms with E-state index in [1.54, 1.807) is 0 Å². The molecule has 66 valence electrons. The highest BCUT2D eigenvalue weighted by molar-refractivity contribution is 7.59. The van der Waals surface area contributed by atoms with E-state index < -0.39 is 8.15 Å². The number of unbranched alkanes of at least 4 members (excludes halogenated alkanes) is 1. The van der Waals surface area contributed by atoms with Crippen LogP contribution >= 0.6 is 8.15 Å². The maximum atomic E-state index is 9.72. The standard InChI is InChI=1S/C10H15OP/c1-2-3-9-12(11)10-7-5-4-6-8-10/h4-8,11H,2-3,9H2,1H3. The van der Waals surface area contributed by atoms with Crippen LogP contribution in [-0.2, 0) is 0 Å². The fraction of sp³-hybridized carbons (Fsp3) is 0.400. The molecule has 0 spiro atoms. The van der Waals surface area contributed by atoms with Crippen LogP contribution in [0.25, 0.3) is 0 Å². The quantitative estimate of drug-likeness (QED) is 0.709. The Kier molecular flexibility index (Phi) is 4.27. The van der Waals surface area contributed by atoms with Crippen LogP contribution in [-0.4, -0.2) is 11.1 Å². The van der Waals surface area contributed by atoms with Crippen molar-refractivity contribution in [2.45, 2.75) is 19.8 Å². The lowest BCUT2D eigenvalue weighted by Gasteiger charge is -2.08. The summed E-state index contributed by atoms with van der Waals surface area (Å²) in [6, 6.07) is 9.94. The first-order valence-electron chi connectivity index (χ1n) is 4.36. The normalized spacial score (nSPS) is 12.8. The van der Waals surface area contributed by atoms with Gasteiger partial charge in [-0.25, -0.2) is 0 Å². The van der Waals surface area contributed by atoms with Gasteiger partial charge in [0.15, 0.2) is 0 Å². The van der Waals surface area contributed by atoms with E-state index in [-0.39, 0.29) is 0 Å². The Hall–Kier alpha value is -0.390. The van der Waals surface area contributed by atoms with Crippen molar-refractivity contribution >= 4 is 13.5 Å². The van der Waals surface area contributed by atoms with E-state index in [0.29, 0.717) is 0 Å². The molecule has 1 aromatic rings. The molecule has 1 unspecified atom stereocenters. The van der Waals surface area contributed by atoms with Crippen LogP contribution in [0.1, 0.15) is 19.8 Å². The van der Waals surface area contributed by atoms with Crippen LogP contribution in [0.3, 0.4) is 0 Å². The first-order valence-corrected chi connectivity index (χ1v) is 5.84. The minimum Gasteiger partial charge on any atom is -0.369 e. The van der Waals surface area contributed by atoms with Crippen molar-refractivity contribution in [2.75, 3.05) is 6.16 Å². The average molecular weight is 182 g/mol. The van der Waals surface area contributed by atoms with E-state index >= 15 is 0 Å². The first kappa shape index (κ1) is 9.70. The molecule has 0 heterocycles. The summed E-state index contributed by atoms with van der Waals surface area (Å²) in [6.45, 7) is 2.15. The van der Waals surface area contributed by atoms with Crippen molar-refractivity contribution in [1.29, 1.82) is 0 Å². The van der Waals surface area contributed by atoms with Gasteiger partial charge in [0.2, 0.25) is 0 Å². The molecule has 1 aromatic carbocycles.